The van der Waals surface area contributed by atoms with Crippen molar-refractivity contribution < 1.29 is 18.4 Å². The molecule has 2 rings (SSSR count). The quantitative estimate of drug-likeness (QED) is 0.446. The Balaban J connectivity index is 2.43. The molecule has 0 fully saturated rings. The van der Waals surface area contributed by atoms with Crippen molar-refractivity contribution in [2.45, 2.75) is 5.88 Å². The van der Waals surface area contributed by atoms with E-state index < -0.39 is 28.0 Å². The van der Waals surface area contributed by atoms with Crippen LogP contribution in [0.15, 0.2) is 30.3 Å². The van der Waals surface area contributed by atoms with Gasteiger partial charge in [0, 0.05) is 16.7 Å². The van der Waals surface area contributed by atoms with Crippen molar-refractivity contribution in [3.63, 3.8) is 0 Å². The topological polar surface area (TPSA) is 52.4 Å². The van der Waals surface area contributed by atoms with Gasteiger partial charge in [-0.1, -0.05) is 17.7 Å². The highest BCUT2D eigenvalue weighted by atomic mass is 35.5. The summed E-state index contributed by atoms with van der Waals surface area (Å²) >= 11 is 11.6. The maximum Gasteiger partial charge on any atom is 0.307 e. The van der Waals surface area contributed by atoms with E-state index in [1.165, 1.54) is 6.07 Å². The molecular formula is C13H7Cl2F2NO3. The first kappa shape index (κ1) is 15.5. The van der Waals surface area contributed by atoms with Gasteiger partial charge >= 0.3 is 5.69 Å². The molecule has 0 N–H and O–H groups in total. The zero-order chi connectivity index (χ0) is 15.6. The Morgan fingerprint density at radius 3 is 2.52 bits per heavy atom. The predicted molar refractivity (Wildman–Crippen MR) is 74.1 cm³/mol. The lowest BCUT2D eigenvalue weighted by Gasteiger charge is -2.11. The summed E-state index contributed by atoms with van der Waals surface area (Å²) in [6.07, 6.45) is 0. The number of nitrogens with zero attached hydrogens (tertiary/aromatic N) is 1. The van der Waals surface area contributed by atoms with Gasteiger partial charge in [0.25, 0.3) is 0 Å². The van der Waals surface area contributed by atoms with Crippen LogP contribution in [0.25, 0.3) is 0 Å². The van der Waals surface area contributed by atoms with Crippen molar-refractivity contribution in [2.75, 3.05) is 0 Å². The molecule has 0 unspecified atom stereocenters. The van der Waals surface area contributed by atoms with Crippen molar-refractivity contribution >= 4 is 28.9 Å². The molecule has 0 saturated carbocycles. The van der Waals surface area contributed by atoms with Gasteiger partial charge in [-0.15, -0.1) is 11.6 Å². The summed E-state index contributed by atoms with van der Waals surface area (Å²) in [5.74, 6) is -2.61. The molecule has 2 aromatic rings. The molecule has 110 valence electrons. The van der Waals surface area contributed by atoms with Crippen LogP contribution in [-0.2, 0) is 5.88 Å². The summed E-state index contributed by atoms with van der Waals surface area (Å²) in [6.45, 7) is 0. The Morgan fingerprint density at radius 1 is 1.19 bits per heavy atom. The van der Waals surface area contributed by atoms with E-state index in [4.69, 9.17) is 27.9 Å². The second kappa shape index (κ2) is 6.24. The van der Waals surface area contributed by atoms with Gasteiger partial charge in [-0.25, -0.2) is 4.39 Å². The molecule has 0 bridgehead atoms. The number of benzene rings is 2. The predicted octanol–water partition coefficient (Wildman–Crippen LogP) is 5.06. The third-order valence-corrected chi connectivity index (χ3v) is 3.25. The molecule has 21 heavy (non-hydrogen) atoms. The van der Waals surface area contributed by atoms with Crippen LogP contribution in [0.3, 0.4) is 0 Å². The summed E-state index contributed by atoms with van der Waals surface area (Å²) in [5, 5.41) is 10.8. The Labute approximate surface area is 128 Å². The fourth-order valence-electron chi connectivity index (χ4n) is 1.62. The summed E-state index contributed by atoms with van der Waals surface area (Å²) < 4.78 is 32.5. The van der Waals surface area contributed by atoms with E-state index in [1.807, 2.05) is 0 Å². The highest BCUT2D eigenvalue weighted by Gasteiger charge is 2.20. The second-order valence-electron chi connectivity index (χ2n) is 3.94. The van der Waals surface area contributed by atoms with E-state index >= 15 is 0 Å². The average molecular weight is 334 g/mol. The molecule has 0 aliphatic carbocycles. The first-order valence-corrected chi connectivity index (χ1v) is 6.50. The van der Waals surface area contributed by atoms with E-state index in [9.17, 15) is 18.9 Å². The van der Waals surface area contributed by atoms with Crippen molar-refractivity contribution in [3.8, 4) is 11.5 Å². The molecule has 0 heterocycles. The van der Waals surface area contributed by atoms with Gasteiger partial charge in [0.2, 0.25) is 5.82 Å². The Bertz CT molecular complexity index is 710. The largest absolute Gasteiger partial charge is 0.454 e. The molecule has 8 heteroatoms. The summed E-state index contributed by atoms with van der Waals surface area (Å²) in [7, 11) is 0. The molecule has 4 nitrogen and oxygen atoms in total. The number of hydrogen-bond donors (Lipinski definition) is 0. The van der Waals surface area contributed by atoms with Crippen LogP contribution in [0.5, 0.6) is 11.5 Å². The molecule has 0 saturated heterocycles. The second-order valence-corrected chi connectivity index (χ2v) is 4.62. The van der Waals surface area contributed by atoms with E-state index in [0.29, 0.717) is 22.7 Å². The molecular weight excluding hydrogens is 327 g/mol. The first-order chi connectivity index (χ1) is 9.93. The van der Waals surface area contributed by atoms with Crippen molar-refractivity contribution in [2.24, 2.45) is 0 Å². The lowest BCUT2D eigenvalue weighted by atomic mass is 10.2. The van der Waals surface area contributed by atoms with E-state index in [-0.39, 0.29) is 11.6 Å². The van der Waals surface area contributed by atoms with Crippen LogP contribution in [0.2, 0.25) is 5.02 Å². The SMILES string of the molecule is O=[N+]([O-])c1cc(F)c(Oc2cccc(Cl)c2CCl)cc1F. The molecule has 0 atom stereocenters. The summed E-state index contributed by atoms with van der Waals surface area (Å²) in [4.78, 5) is 9.49. The number of ether oxygens (including phenoxy) is 1. The number of nitro groups is 1. The van der Waals surface area contributed by atoms with Crippen LogP contribution in [-0.4, -0.2) is 4.92 Å². The minimum atomic E-state index is -1.20. The van der Waals surface area contributed by atoms with Crippen molar-refractivity contribution in [1.82, 2.24) is 0 Å². The standard InChI is InChI=1S/C13H7Cl2F2NO3/c14-6-7-8(15)2-1-3-12(7)21-13-5-9(16)11(18(19)20)4-10(13)17/h1-5H,6H2. The van der Waals surface area contributed by atoms with E-state index in [1.54, 1.807) is 12.1 Å². The fourth-order valence-corrected chi connectivity index (χ4v) is 2.20. The average Bonchev–Trinajstić information content (AvgIpc) is 2.42. The van der Waals surface area contributed by atoms with Crippen molar-refractivity contribution in [3.05, 3.63) is 62.7 Å². The smallest absolute Gasteiger partial charge is 0.307 e. The Morgan fingerprint density at radius 2 is 1.90 bits per heavy atom. The van der Waals surface area contributed by atoms with Crippen LogP contribution < -0.4 is 4.74 Å². The zero-order valence-electron chi connectivity index (χ0n) is 10.3. The van der Waals surface area contributed by atoms with Gasteiger partial charge in [-0.2, -0.15) is 4.39 Å². The molecule has 0 aromatic heterocycles. The molecule has 0 aliphatic heterocycles. The Kier molecular flexibility index (Phi) is 4.59. The number of hydrogen-bond acceptors (Lipinski definition) is 3. The molecule has 2 aromatic carbocycles. The minimum absolute atomic E-state index is 0.00604. The molecule has 0 spiro atoms. The highest BCUT2D eigenvalue weighted by Crippen LogP contribution is 2.34. The van der Waals surface area contributed by atoms with Gasteiger partial charge in [0.05, 0.1) is 16.9 Å². The van der Waals surface area contributed by atoms with Gasteiger partial charge in [-0.05, 0) is 12.1 Å². The highest BCUT2D eigenvalue weighted by molar-refractivity contribution is 6.32. The zero-order valence-corrected chi connectivity index (χ0v) is 11.8. The van der Waals surface area contributed by atoms with Crippen LogP contribution in [0.1, 0.15) is 5.56 Å². The number of halogens is 4. The van der Waals surface area contributed by atoms with E-state index in [2.05, 4.69) is 0 Å². The molecule has 0 amide bonds. The van der Waals surface area contributed by atoms with Crippen LogP contribution in [0, 0.1) is 21.7 Å². The van der Waals surface area contributed by atoms with Gasteiger partial charge in [-0.3, -0.25) is 10.1 Å². The number of rotatable bonds is 4. The number of nitro benzene ring substituents is 1. The lowest BCUT2D eigenvalue weighted by Crippen LogP contribution is -1.98. The maximum absolute atomic E-state index is 13.8. The van der Waals surface area contributed by atoms with Crippen LogP contribution in [0.4, 0.5) is 14.5 Å². The minimum Gasteiger partial charge on any atom is -0.454 e. The van der Waals surface area contributed by atoms with Gasteiger partial charge < -0.3 is 4.74 Å². The summed E-state index contributed by atoms with van der Waals surface area (Å²) in [6, 6.07) is 5.65. The van der Waals surface area contributed by atoms with Crippen LogP contribution >= 0.6 is 23.2 Å². The van der Waals surface area contributed by atoms with Crippen molar-refractivity contribution in [1.29, 1.82) is 0 Å². The molecule has 0 aliphatic rings. The number of alkyl halides is 1. The monoisotopic (exact) mass is 333 g/mol. The third kappa shape index (κ3) is 3.22. The summed E-state index contributed by atoms with van der Waals surface area (Å²) in [5.41, 5.74) is -0.567. The Hall–Kier alpha value is -1.92. The fraction of sp³-hybridized carbons (Fsp3) is 0.0769. The third-order valence-electron chi connectivity index (χ3n) is 2.63. The van der Waals surface area contributed by atoms with Gasteiger partial charge in [0.1, 0.15) is 5.75 Å². The normalized spacial score (nSPS) is 10.5. The van der Waals surface area contributed by atoms with E-state index in [0.717, 1.165) is 0 Å². The molecule has 0 radical (unpaired) electrons. The van der Waals surface area contributed by atoms with Gasteiger partial charge in [0.15, 0.2) is 11.6 Å². The first-order valence-electron chi connectivity index (χ1n) is 5.58. The lowest BCUT2D eigenvalue weighted by molar-refractivity contribution is -0.387. The maximum atomic E-state index is 13.8.